The maximum atomic E-state index is 9.50. The second kappa shape index (κ2) is 11.3. The van der Waals surface area contributed by atoms with E-state index in [4.69, 9.17) is 16.8 Å². The van der Waals surface area contributed by atoms with Crippen molar-refractivity contribution in [2.75, 3.05) is 0 Å². The Morgan fingerprint density at radius 1 is 0.340 bits per heavy atom. The SMILES string of the molecule is [2H]c1c([2H])c([2H])c(-c2ccc3c(-c4c5c([2H])c([2H])c([2H])c([2H])c5c(-c5ccccc5)c5c([2H])c([2H])c([2H])c([2H])c45)c(-c4cccc(-c5ccccc5)c4)oc3c2)c([2H])c1[2H]. The van der Waals surface area contributed by atoms with Crippen LogP contribution in [0.4, 0.5) is 0 Å². The quantitative estimate of drug-likeness (QED) is 0.176. The van der Waals surface area contributed by atoms with Crippen LogP contribution in [-0.4, -0.2) is 0 Å². The number of benzene rings is 8. The van der Waals surface area contributed by atoms with Gasteiger partial charge in [0.25, 0.3) is 0 Å². The van der Waals surface area contributed by atoms with Gasteiger partial charge in [-0.1, -0.05) is 163 Å². The lowest BCUT2D eigenvalue weighted by Gasteiger charge is -2.18. The van der Waals surface area contributed by atoms with Gasteiger partial charge in [0, 0.05) is 22.1 Å². The molecular formula is C46H30O. The molecule has 0 aliphatic carbocycles. The van der Waals surface area contributed by atoms with E-state index in [0.29, 0.717) is 16.5 Å². The Kier molecular flexibility index (Phi) is 4.08. The lowest BCUT2D eigenvalue weighted by Crippen LogP contribution is -1.91. The van der Waals surface area contributed by atoms with Crippen molar-refractivity contribution in [2.24, 2.45) is 0 Å². The van der Waals surface area contributed by atoms with Gasteiger partial charge in [-0.05, 0) is 73.1 Å². The van der Waals surface area contributed by atoms with Gasteiger partial charge in [0.05, 0.1) is 17.8 Å². The largest absolute Gasteiger partial charge is 0.455 e. The van der Waals surface area contributed by atoms with Crippen molar-refractivity contribution < 1.29 is 22.2 Å². The predicted octanol–water partition coefficient (Wildman–Crippen LogP) is 13.1. The first-order valence-corrected chi connectivity index (χ1v) is 15.0. The molecule has 0 saturated heterocycles. The minimum atomic E-state index is -0.545. The molecule has 1 heterocycles. The molecule has 220 valence electrons. The Balaban J connectivity index is 1.52. The Labute approximate surface area is 292 Å². The van der Waals surface area contributed by atoms with Crippen molar-refractivity contribution in [3.8, 4) is 55.8 Å². The van der Waals surface area contributed by atoms with E-state index < -0.39 is 78.6 Å². The summed E-state index contributed by atoms with van der Waals surface area (Å²) in [5, 5.41) is 0.495. The highest BCUT2D eigenvalue weighted by Crippen LogP contribution is 2.50. The lowest BCUT2D eigenvalue weighted by molar-refractivity contribution is 0.632. The van der Waals surface area contributed by atoms with Gasteiger partial charge in [0.15, 0.2) is 0 Å². The highest BCUT2D eigenvalue weighted by Gasteiger charge is 2.24. The first kappa shape index (κ1) is 16.9. The molecule has 0 spiro atoms. The molecule has 0 amide bonds. The van der Waals surface area contributed by atoms with Crippen LogP contribution in [0.25, 0.3) is 88.3 Å². The standard InChI is InChI=1S/C46H30O/c1-4-15-31(16-5-1)34-21-14-22-36(29-34)46-45(41-28-27-35(30-42(41)47-46)32-17-6-2-7-18-32)44-39-25-12-10-23-37(39)43(33-19-8-3-9-20-33)38-24-11-13-26-40(38)44/h1-30H/i2D,6D,7D,10D,11D,12D,13D,17D,18D,23D,24D,25D,26D. The van der Waals surface area contributed by atoms with E-state index in [0.717, 1.165) is 11.1 Å². The van der Waals surface area contributed by atoms with Crippen molar-refractivity contribution in [3.05, 3.63) is 182 Å². The normalized spacial score (nSPS) is 15.3. The molecule has 1 aromatic heterocycles. The van der Waals surface area contributed by atoms with Crippen LogP contribution in [0.3, 0.4) is 0 Å². The van der Waals surface area contributed by atoms with E-state index in [9.17, 15) is 5.48 Å². The van der Waals surface area contributed by atoms with Crippen LogP contribution in [0.15, 0.2) is 186 Å². The average Bonchev–Trinajstić information content (AvgIpc) is 3.65. The summed E-state index contributed by atoms with van der Waals surface area (Å²) < 4.78 is 122. The smallest absolute Gasteiger partial charge is 0.143 e. The summed E-state index contributed by atoms with van der Waals surface area (Å²) >= 11 is 0. The van der Waals surface area contributed by atoms with Crippen molar-refractivity contribution >= 4 is 32.5 Å². The maximum Gasteiger partial charge on any atom is 0.143 e. The molecule has 9 rings (SSSR count). The number of fused-ring (bicyclic) bond motifs is 3. The zero-order chi connectivity index (χ0) is 42.5. The zero-order valence-corrected chi connectivity index (χ0v) is 24.7. The second-order valence-electron chi connectivity index (χ2n) is 11.1. The third-order valence-corrected chi connectivity index (χ3v) is 8.40. The Hall–Kier alpha value is -6.18. The van der Waals surface area contributed by atoms with Crippen LogP contribution in [0.1, 0.15) is 17.8 Å². The summed E-state index contributed by atoms with van der Waals surface area (Å²) in [4.78, 5) is 0. The van der Waals surface area contributed by atoms with E-state index >= 15 is 0 Å². The fourth-order valence-electron chi connectivity index (χ4n) is 6.34. The molecule has 0 aliphatic rings. The molecule has 0 N–H and O–H groups in total. The van der Waals surface area contributed by atoms with Crippen molar-refractivity contribution in [2.45, 2.75) is 0 Å². The summed E-state index contributed by atoms with van der Waals surface area (Å²) in [5.74, 6) is 0.205. The van der Waals surface area contributed by atoms with E-state index in [1.807, 2.05) is 48.5 Å². The summed E-state index contributed by atoms with van der Waals surface area (Å²) in [7, 11) is 0. The molecule has 9 aromatic rings. The lowest BCUT2D eigenvalue weighted by atomic mass is 9.84. The number of furan rings is 1. The minimum Gasteiger partial charge on any atom is -0.455 e. The van der Waals surface area contributed by atoms with Crippen molar-refractivity contribution in [3.63, 3.8) is 0 Å². The predicted molar refractivity (Wildman–Crippen MR) is 198 cm³/mol. The molecule has 0 atom stereocenters. The highest BCUT2D eigenvalue weighted by atomic mass is 16.3. The summed E-state index contributed by atoms with van der Waals surface area (Å²) in [5.41, 5.74) is 3.68. The van der Waals surface area contributed by atoms with Gasteiger partial charge in [-0.25, -0.2) is 0 Å². The molecule has 0 radical (unpaired) electrons. The Morgan fingerprint density at radius 3 is 1.53 bits per heavy atom. The zero-order valence-electron chi connectivity index (χ0n) is 37.7. The molecule has 0 bridgehead atoms. The van der Waals surface area contributed by atoms with Gasteiger partial charge in [0.2, 0.25) is 0 Å². The Bertz CT molecular complexity index is 3180. The van der Waals surface area contributed by atoms with Gasteiger partial charge >= 0.3 is 0 Å². The van der Waals surface area contributed by atoms with E-state index in [1.165, 1.54) is 0 Å². The fourth-order valence-corrected chi connectivity index (χ4v) is 6.34. The van der Waals surface area contributed by atoms with Crippen LogP contribution in [0, 0.1) is 0 Å². The monoisotopic (exact) mass is 611 g/mol. The van der Waals surface area contributed by atoms with Crippen LogP contribution in [-0.2, 0) is 0 Å². The van der Waals surface area contributed by atoms with Gasteiger partial charge in [-0.15, -0.1) is 0 Å². The molecule has 0 fully saturated rings. The van der Waals surface area contributed by atoms with Crippen LogP contribution in [0.2, 0.25) is 0 Å². The van der Waals surface area contributed by atoms with E-state index in [2.05, 4.69) is 0 Å². The Morgan fingerprint density at radius 2 is 0.872 bits per heavy atom. The highest BCUT2D eigenvalue weighted by molar-refractivity contribution is 6.25. The van der Waals surface area contributed by atoms with Gasteiger partial charge in [-0.3, -0.25) is 0 Å². The molecule has 47 heavy (non-hydrogen) atoms. The van der Waals surface area contributed by atoms with Crippen molar-refractivity contribution in [1.29, 1.82) is 0 Å². The summed E-state index contributed by atoms with van der Waals surface area (Å²) in [6.07, 6.45) is 0. The molecule has 8 aromatic carbocycles. The van der Waals surface area contributed by atoms with Crippen molar-refractivity contribution in [1.82, 2.24) is 0 Å². The maximum absolute atomic E-state index is 9.50. The van der Waals surface area contributed by atoms with Crippen LogP contribution < -0.4 is 0 Å². The fraction of sp³-hybridized carbons (Fsp3) is 0. The molecule has 1 heteroatoms. The average molecular weight is 612 g/mol. The third kappa shape index (κ3) is 4.64. The first-order valence-electron chi connectivity index (χ1n) is 21.5. The number of hydrogen-bond donors (Lipinski definition) is 0. The number of hydrogen-bond acceptors (Lipinski definition) is 1. The third-order valence-electron chi connectivity index (χ3n) is 8.40. The number of rotatable bonds is 5. The molecule has 0 aliphatic heterocycles. The molecule has 1 nitrogen and oxygen atoms in total. The summed E-state index contributed by atoms with van der Waals surface area (Å²) in [6.45, 7) is 0. The van der Waals surface area contributed by atoms with E-state index in [1.54, 1.807) is 54.6 Å². The summed E-state index contributed by atoms with van der Waals surface area (Å²) in [6, 6.07) is 24.3. The van der Waals surface area contributed by atoms with Crippen LogP contribution >= 0.6 is 0 Å². The topological polar surface area (TPSA) is 13.1 Å². The molecule has 0 saturated carbocycles. The minimum absolute atomic E-state index is 0.00948. The van der Waals surface area contributed by atoms with Gasteiger partial charge in [-0.2, -0.15) is 0 Å². The van der Waals surface area contributed by atoms with Crippen LogP contribution in [0.5, 0.6) is 0 Å². The molecule has 0 unspecified atom stereocenters. The first-order chi connectivity index (χ1) is 28.7. The van der Waals surface area contributed by atoms with Gasteiger partial charge < -0.3 is 4.42 Å². The molecular weight excluding hydrogens is 569 g/mol. The van der Waals surface area contributed by atoms with Gasteiger partial charge in [0.1, 0.15) is 11.3 Å². The second-order valence-corrected chi connectivity index (χ2v) is 11.1. The van der Waals surface area contributed by atoms with E-state index in [-0.39, 0.29) is 60.7 Å².